The number of rotatable bonds is 7. The van der Waals surface area contributed by atoms with Crippen molar-refractivity contribution in [1.82, 2.24) is 0 Å². The Bertz CT molecular complexity index is 420. The molecule has 0 amide bonds. The molecule has 1 fully saturated rings. The summed E-state index contributed by atoms with van der Waals surface area (Å²) in [6.45, 7) is 7.85. The third-order valence-corrected chi connectivity index (χ3v) is 3.63. The van der Waals surface area contributed by atoms with E-state index in [1.807, 2.05) is 18.2 Å². The smallest absolute Gasteiger partial charge is 0.0892 e. The minimum atomic E-state index is 0.115. The van der Waals surface area contributed by atoms with E-state index >= 15 is 0 Å². The SMILES string of the molecule is CC(=CCOCc1ccccc1)CCC1OC1(C)C. The van der Waals surface area contributed by atoms with E-state index in [0.717, 1.165) is 12.8 Å². The van der Waals surface area contributed by atoms with E-state index in [9.17, 15) is 0 Å². The highest BCUT2D eigenvalue weighted by molar-refractivity contribution is 5.13. The summed E-state index contributed by atoms with van der Waals surface area (Å²) in [6.07, 6.45) is 4.84. The van der Waals surface area contributed by atoms with Gasteiger partial charge in [0.1, 0.15) is 0 Å². The zero-order chi connectivity index (χ0) is 13.7. The molecule has 2 rings (SSSR count). The van der Waals surface area contributed by atoms with Gasteiger partial charge >= 0.3 is 0 Å². The molecule has 1 unspecified atom stereocenters. The van der Waals surface area contributed by atoms with Gasteiger partial charge in [-0.3, -0.25) is 0 Å². The Morgan fingerprint density at radius 3 is 2.63 bits per heavy atom. The van der Waals surface area contributed by atoms with Crippen molar-refractivity contribution >= 4 is 0 Å². The maximum absolute atomic E-state index is 5.65. The van der Waals surface area contributed by atoms with Gasteiger partial charge in [-0.2, -0.15) is 0 Å². The molecule has 2 heteroatoms. The lowest BCUT2D eigenvalue weighted by Crippen LogP contribution is -2.02. The monoisotopic (exact) mass is 260 g/mol. The number of hydrogen-bond acceptors (Lipinski definition) is 2. The highest BCUT2D eigenvalue weighted by Crippen LogP contribution is 2.38. The molecule has 1 aliphatic heterocycles. The summed E-state index contributed by atoms with van der Waals surface area (Å²) in [5.41, 5.74) is 2.73. The van der Waals surface area contributed by atoms with Gasteiger partial charge in [0.2, 0.25) is 0 Å². The zero-order valence-electron chi connectivity index (χ0n) is 12.2. The van der Waals surface area contributed by atoms with Crippen molar-refractivity contribution in [2.75, 3.05) is 6.61 Å². The summed E-state index contributed by atoms with van der Waals surface area (Å²) in [7, 11) is 0. The number of allylic oxidation sites excluding steroid dienone is 1. The summed E-state index contributed by atoms with van der Waals surface area (Å²) in [5.74, 6) is 0. The number of ether oxygens (including phenoxy) is 2. The third kappa shape index (κ3) is 4.81. The molecule has 1 heterocycles. The van der Waals surface area contributed by atoms with Crippen LogP contribution in [-0.4, -0.2) is 18.3 Å². The van der Waals surface area contributed by atoms with Crippen LogP contribution in [0.25, 0.3) is 0 Å². The van der Waals surface area contributed by atoms with Gasteiger partial charge in [-0.25, -0.2) is 0 Å². The molecule has 1 aliphatic rings. The van der Waals surface area contributed by atoms with E-state index < -0.39 is 0 Å². The molecule has 0 aromatic heterocycles. The van der Waals surface area contributed by atoms with Crippen LogP contribution in [0.4, 0.5) is 0 Å². The van der Waals surface area contributed by atoms with Crippen molar-refractivity contribution in [1.29, 1.82) is 0 Å². The lowest BCUT2D eigenvalue weighted by Gasteiger charge is -2.03. The quantitative estimate of drug-likeness (QED) is 0.418. The number of benzene rings is 1. The second-order valence-corrected chi connectivity index (χ2v) is 5.80. The van der Waals surface area contributed by atoms with Crippen molar-refractivity contribution in [2.45, 2.75) is 51.9 Å². The first-order valence-corrected chi connectivity index (χ1v) is 7.03. The molecule has 0 spiro atoms. The van der Waals surface area contributed by atoms with Crippen LogP contribution in [0, 0.1) is 0 Å². The molecule has 19 heavy (non-hydrogen) atoms. The molecule has 1 saturated heterocycles. The molecule has 0 aliphatic carbocycles. The zero-order valence-corrected chi connectivity index (χ0v) is 12.2. The summed E-state index contributed by atoms with van der Waals surface area (Å²) in [6, 6.07) is 10.3. The van der Waals surface area contributed by atoms with E-state index in [1.54, 1.807) is 0 Å². The molecule has 0 saturated carbocycles. The highest BCUT2D eigenvalue weighted by atomic mass is 16.6. The first-order valence-electron chi connectivity index (χ1n) is 7.03. The van der Waals surface area contributed by atoms with E-state index in [0.29, 0.717) is 19.3 Å². The van der Waals surface area contributed by atoms with Crippen molar-refractivity contribution in [3.8, 4) is 0 Å². The summed E-state index contributed by atoms with van der Waals surface area (Å²) < 4.78 is 11.2. The largest absolute Gasteiger partial charge is 0.373 e. The van der Waals surface area contributed by atoms with Crippen LogP contribution < -0.4 is 0 Å². The van der Waals surface area contributed by atoms with Gasteiger partial charge in [0.05, 0.1) is 24.9 Å². The number of hydrogen-bond donors (Lipinski definition) is 0. The van der Waals surface area contributed by atoms with Gasteiger partial charge in [0.15, 0.2) is 0 Å². The normalized spacial score (nSPS) is 21.4. The molecular formula is C17H24O2. The van der Waals surface area contributed by atoms with Crippen LogP contribution in [0.3, 0.4) is 0 Å². The molecule has 2 nitrogen and oxygen atoms in total. The Labute approximate surface area is 116 Å². The lowest BCUT2D eigenvalue weighted by molar-refractivity contribution is 0.148. The molecule has 1 atom stereocenters. The third-order valence-electron chi connectivity index (χ3n) is 3.63. The Morgan fingerprint density at radius 2 is 2.00 bits per heavy atom. The topological polar surface area (TPSA) is 21.8 Å². The Morgan fingerprint density at radius 1 is 1.32 bits per heavy atom. The van der Waals surface area contributed by atoms with Crippen molar-refractivity contribution in [3.63, 3.8) is 0 Å². The minimum Gasteiger partial charge on any atom is -0.373 e. The highest BCUT2D eigenvalue weighted by Gasteiger charge is 2.46. The lowest BCUT2D eigenvalue weighted by atomic mass is 10.0. The predicted octanol–water partition coefficient (Wildman–Crippen LogP) is 4.11. The molecule has 0 radical (unpaired) electrons. The minimum absolute atomic E-state index is 0.115. The molecular weight excluding hydrogens is 236 g/mol. The average molecular weight is 260 g/mol. The molecule has 1 aromatic rings. The maximum atomic E-state index is 5.65. The van der Waals surface area contributed by atoms with Gasteiger partial charge in [-0.1, -0.05) is 42.0 Å². The molecule has 0 bridgehead atoms. The Kier molecular flexibility index (Phi) is 4.78. The first kappa shape index (κ1) is 14.3. The van der Waals surface area contributed by atoms with E-state index in [2.05, 4.69) is 39.0 Å². The van der Waals surface area contributed by atoms with Crippen LogP contribution >= 0.6 is 0 Å². The predicted molar refractivity (Wildman–Crippen MR) is 78.0 cm³/mol. The summed E-state index contributed by atoms with van der Waals surface area (Å²) in [4.78, 5) is 0. The molecule has 104 valence electrons. The van der Waals surface area contributed by atoms with Crippen LogP contribution in [0.1, 0.15) is 39.2 Å². The second kappa shape index (κ2) is 6.36. The van der Waals surface area contributed by atoms with E-state index in [4.69, 9.17) is 9.47 Å². The van der Waals surface area contributed by atoms with Crippen molar-refractivity contribution < 1.29 is 9.47 Å². The van der Waals surface area contributed by atoms with Gasteiger partial charge in [0.25, 0.3) is 0 Å². The fraction of sp³-hybridized carbons (Fsp3) is 0.529. The Balaban J connectivity index is 1.60. The van der Waals surface area contributed by atoms with Crippen LogP contribution in [0.5, 0.6) is 0 Å². The maximum Gasteiger partial charge on any atom is 0.0892 e. The standard InChI is InChI=1S/C17H24O2/c1-14(9-10-16-17(2,3)19-16)11-12-18-13-15-7-5-4-6-8-15/h4-8,11,16H,9-10,12-13H2,1-3H3. The second-order valence-electron chi connectivity index (χ2n) is 5.80. The van der Waals surface area contributed by atoms with E-state index in [-0.39, 0.29) is 5.60 Å². The number of epoxide rings is 1. The van der Waals surface area contributed by atoms with Crippen molar-refractivity contribution in [2.24, 2.45) is 0 Å². The average Bonchev–Trinajstić information content (AvgIpc) is 3.01. The molecule has 0 N–H and O–H groups in total. The van der Waals surface area contributed by atoms with Crippen LogP contribution in [-0.2, 0) is 16.1 Å². The van der Waals surface area contributed by atoms with Crippen LogP contribution in [0.15, 0.2) is 42.0 Å². The van der Waals surface area contributed by atoms with Gasteiger partial charge in [0, 0.05) is 0 Å². The molecule has 1 aromatic carbocycles. The van der Waals surface area contributed by atoms with Gasteiger partial charge in [-0.15, -0.1) is 0 Å². The fourth-order valence-electron chi connectivity index (χ4n) is 2.15. The fourth-order valence-corrected chi connectivity index (χ4v) is 2.15. The van der Waals surface area contributed by atoms with Gasteiger partial charge < -0.3 is 9.47 Å². The van der Waals surface area contributed by atoms with Crippen LogP contribution in [0.2, 0.25) is 0 Å². The summed E-state index contributed by atoms with van der Waals surface area (Å²) in [5, 5.41) is 0. The van der Waals surface area contributed by atoms with Crippen molar-refractivity contribution in [3.05, 3.63) is 47.5 Å². The van der Waals surface area contributed by atoms with Gasteiger partial charge in [-0.05, 0) is 39.2 Å². The van der Waals surface area contributed by atoms with E-state index in [1.165, 1.54) is 11.1 Å². The Hall–Kier alpha value is -1.12. The summed E-state index contributed by atoms with van der Waals surface area (Å²) >= 11 is 0. The first-order chi connectivity index (χ1) is 9.08.